The van der Waals surface area contributed by atoms with Crippen LogP contribution in [0.5, 0.6) is 5.75 Å². The van der Waals surface area contributed by atoms with E-state index >= 15 is 0 Å². The van der Waals surface area contributed by atoms with E-state index in [9.17, 15) is 4.79 Å². The van der Waals surface area contributed by atoms with Gasteiger partial charge in [-0.3, -0.25) is 4.79 Å². The first-order valence-electron chi connectivity index (χ1n) is 8.52. The number of aryl methyl sites for hydroxylation is 2. The summed E-state index contributed by atoms with van der Waals surface area (Å²) in [4.78, 5) is 16.7. The average Bonchev–Trinajstić information content (AvgIpc) is 2.61. The molecule has 0 radical (unpaired) electrons. The van der Waals surface area contributed by atoms with Gasteiger partial charge in [0.05, 0.1) is 4.47 Å². The van der Waals surface area contributed by atoms with Gasteiger partial charge in [-0.1, -0.05) is 24.3 Å². The van der Waals surface area contributed by atoms with E-state index in [-0.39, 0.29) is 12.5 Å². The summed E-state index contributed by atoms with van der Waals surface area (Å²) in [5.41, 5.74) is 3.68. The van der Waals surface area contributed by atoms with Gasteiger partial charge in [-0.05, 0) is 59.1 Å². The molecule has 0 aromatic heterocycles. The molecule has 2 aromatic rings. The lowest BCUT2D eigenvalue weighted by Crippen LogP contribution is -2.50. The quantitative estimate of drug-likeness (QED) is 0.779. The molecule has 0 N–H and O–H groups in total. The fraction of sp³-hybridized carbons (Fsp3) is 0.350. The normalized spacial score (nSPS) is 14.5. The molecule has 1 aliphatic heterocycles. The molecular formula is C20H23BrN2O2. The van der Waals surface area contributed by atoms with Gasteiger partial charge in [-0.15, -0.1) is 0 Å². The molecule has 0 saturated carbocycles. The first kappa shape index (κ1) is 17.8. The Hall–Kier alpha value is -2.01. The number of halogens is 1. The van der Waals surface area contributed by atoms with Gasteiger partial charge in [0.25, 0.3) is 5.91 Å². The topological polar surface area (TPSA) is 32.8 Å². The number of hydrogen-bond acceptors (Lipinski definition) is 3. The second-order valence-corrected chi connectivity index (χ2v) is 7.23. The summed E-state index contributed by atoms with van der Waals surface area (Å²) in [6.45, 7) is 7.38. The fourth-order valence-corrected chi connectivity index (χ4v) is 3.68. The van der Waals surface area contributed by atoms with Gasteiger partial charge in [-0.25, -0.2) is 0 Å². The number of ether oxygens (including phenoxy) is 1. The van der Waals surface area contributed by atoms with Crippen molar-refractivity contribution in [2.75, 3.05) is 37.7 Å². The van der Waals surface area contributed by atoms with Crippen LogP contribution in [0.3, 0.4) is 0 Å². The SMILES string of the molecule is Cc1ccc(OCC(=O)N2CCN(c3ccccc3C)CC2)c(Br)c1. The van der Waals surface area contributed by atoms with E-state index in [1.165, 1.54) is 11.3 Å². The second-order valence-electron chi connectivity index (χ2n) is 6.38. The number of amides is 1. The third-order valence-electron chi connectivity index (χ3n) is 4.53. The third kappa shape index (κ3) is 4.34. The van der Waals surface area contributed by atoms with Gasteiger partial charge in [0.1, 0.15) is 5.75 Å². The second kappa shape index (κ2) is 7.91. The standard InChI is InChI=1S/C20H23BrN2O2/c1-15-7-8-19(17(21)13-15)25-14-20(24)23-11-9-22(10-12-23)18-6-4-3-5-16(18)2/h3-8,13H,9-12,14H2,1-2H3. The van der Waals surface area contributed by atoms with Gasteiger partial charge in [0.2, 0.25) is 0 Å². The fourth-order valence-electron chi connectivity index (χ4n) is 3.07. The Morgan fingerprint density at radius 3 is 2.48 bits per heavy atom. The van der Waals surface area contributed by atoms with Gasteiger partial charge < -0.3 is 14.5 Å². The summed E-state index contributed by atoms with van der Waals surface area (Å²) in [5.74, 6) is 0.745. The first-order valence-corrected chi connectivity index (χ1v) is 9.31. The molecule has 2 aromatic carbocycles. The molecule has 0 unspecified atom stereocenters. The van der Waals surface area contributed by atoms with E-state index in [0.29, 0.717) is 5.75 Å². The van der Waals surface area contributed by atoms with Crippen LogP contribution in [0.25, 0.3) is 0 Å². The van der Waals surface area contributed by atoms with Crippen molar-refractivity contribution in [2.24, 2.45) is 0 Å². The van der Waals surface area contributed by atoms with E-state index in [1.807, 2.05) is 30.0 Å². The lowest BCUT2D eigenvalue weighted by atomic mass is 10.1. The highest BCUT2D eigenvalue weighted by Gasteiger charge is 2.22. The maximum Gasteiger partial charge on any atom is 0.260 e. The third-order valence-corrected chi connectivity index (χ3v) is 5.15. The number of nitrogens with zero attached hydrogens (tertiary/aromatic N) is 2. The first-order chi connectivity index (χ1) is 12.0. The molecule has 0 bridgehead atoms. The molecule has 1 saturated heterocycles. The summed E-state index contributed by atoms with van der Waals surface area (Å²) in [6, 6.07) is 14.2. The van der Waals surface area contributed by atoms with E-state index in [1.54, 1.807) is 0 Å². The van der Waals surface area contributed by atoms with Crippen LogP contribution in [0.15, 0.2) is 46.9 Å². The highest BCUT2D eigenvalue weighted by molar-refractivity contribution is 9.10. The molecule has 0 atom stereocenters. The smallest absolute Gasteiger partial charge is 0.260 e. The molecular weight excluding hydrogens is 380 g/mol. The van der Waals surface area contributed by atoms with Crippen molar-refractivity contribution in [2.45, 2.75) is 13.8 Å². The molecule has 0 spiro atoms. The number of para-hydroxylation sites is 1. The summed E-state index contributed by atoms with van der Waals surface area (Å²) >= 11 is 3.48. The highest BCUT2D eigenvalue weighted by Crippen LogP contribution is 2.26. The molecule has 25 heavy (non-hydrogen) atoms. The zero-order chi connectivity index (χ0) is 17.8. The van der Waals surface area contributed by atoms with Crippen molar-refractivity contribution in [3.63, 3.8) is 0 Å². The minimum Gasteiger partial charge on any atom is -0.483 e. The molecule has 4 nitrogen and oxygen atoms in total. The van der Waals surface area contributed by atoms with Gasteiger partial charge in [0.15, 0.2) is 6.61 Å². The minimum atomic E-state index is 0.0388. The number of carbonyl (C=O) groups is 1. The predicted molar refractivity (Wildman–Crippen MR) is 104 cm³/mol. The minimum absolute atomic E-state index is 0.0388. The monoisotopic (exact) mass is 402 g/mol. The number of hydrogen-bond donors (Lipinski definition) is 0. The van der Waals surface area contributed by atoms with Crippen molar-refractivity contribution >= 4 is 27.5 Å². The lowest BCUT2D eigenvalue weighted by molar-refractivity contribution is -0.133. The van der Waals surface area contributed by atoms with E-state index in [0.717, 1.165) is 36.2 Å². The van der Waals surface area contributed by atoms with Crippen molar-refractivity contribution in [3.05, 3.63) is 58.1 Å². The van der Waals surface area contributed by atoms with Crippen LogP contribution in [0.4, 0.5) is 5.69 Å². The van der Waals surface area contributed by atoms with E-state index in [4.69, 9.17) is 4.74 Å². The Morgan fingerprint density at radius 2 is 1.80 bits per heavy atom. The molecule has 1 heterocycles. The Bertz CT molecular complexity index is 755. The lowest BCUT2D eigenvalue weighted by Gasteiger charge is -2.36. The molecule has 1 aliphatic rings. The Labute approximate surface area is 157 Å². The van der Waals surface area contributed by atoms with Crippen LogP contribution in [-0.4, -0.2) is 43.6 Å². The van der Waals surface area contributed by atoms with E-state index in [2.05, 4.69) is 52.0 Å². The number of anilines is 1. The average molecular weight is 403 g/mol. The maximum atomic E-state index is 12.4. The number of piperazine rings is 1. The largest absolute Gasteiger partial charge is 0.483 e. The van der Waals surface area contributed by atoms with Gasteiger partial charge >= 0.3 is 0 Å². The van der Waals surface area contributed by atoms with Crippen LogP contribution in [0.2, 0.25) is 0 Å². The van der Waals surface area contributed by atoms with Crippen molar-refractivity contribution in [1.29, 1.82) is 0 Å². The summed E-state index contributed by atoms with van der Waals surface area (Å²) in [5, 5.41) is 0. The maximum absolute atomic E-state index is 12.4. The van der Waals surface area contributed by atoms with Crippen LogP contribution >= 0.6 is 15.9 Å². The number of rotatable bonds is 4. The Kier molecular flexibility index (Phi) is 5.63. The molecule has 1 amide bonds. The Balaban J connectivity index is 1.52. The zero-order valence-corrected chi connectivity index (χ0v) is 16.3. The van der Waals surface area contributed by atoms with Crippen LogP contribution < -0.4 is 9.64 Å². The van der Waals surface area contributed by atoms with Crippen molar-refractivity contribution in [3.8, 4) is 5.75 Å². The molecule has 3 rings (SSSR count). The van der Waals surface area contributed by atoms with E-state index < -0.39 is 0 Å². The van der Waals surface area contributed by atoms with Crippen LogP contribution in [-0.2, 0) is 4.79 Å². The summed E-state index contributed by atoms with van der Waals surface area (Å²) in [7, 11) is 0. The Morgan fingerprint density at radius 1 is 1.08 bits per heavy atom. The highest BCUT2D eigenvalue weighted by atomic mass is 79.9. The van der Waals surface area contributed by atoms with Gasteiger partial charge in [0, 0.05) is 31.9 Å². The van der Waals surface area contributed by atoms with Crippen LogP contribution in [0.1, 0.15) is 11.1 Å². The predicted octanol–water partition coefficient (Wildman–Crippen LogP) is 3.79. The summed E-state index contributed by atoms with van der Waals surface area (Å²) < 4.78 is 6.57. The van der Waals surface area contributed by atoms with Gasteiger partial charge in [-0.2, -0.15) is 0 Å². The molecule has 0 aliphatic carbocycles. The van der Waals surface area contributed by atoms with Crippen molar-refractivity contribution < 1.29 is 9.53 Å². The molecule has 5 heteroatoms. The number of carbonyl (C=O) groups excluding carboxylic acids is 1. The van der Waals surface area contributed by atoms with Crippen molar-refractivity contribution in [1.82, 2.24) is 4.90 Å². The molecule has 132 valence electrons. The zero-order valence-electron chi connectivity index (χ0n) is 14.7. The summed E-state index contributed by atoms with van der Waals surface area (Å²) in [6.07, 6.45) is 0. The van der Waals surface area contributed by atoms with Crippen LogP contribution in [0, 0.1) is 13.8 Å². The number of benzene rings is 2. The molecule has 1 fully saturated rings.